The van der Waals surface area contributed by atoms with E-state index in [9.17, 15) is 4.79 Å². The molecule has 1 fully saturated rings. The fourth-order valence-electron chi connectivity index (χ4n) is 2.60. The second-order valence-electron chi connectivity index (χ2n) is 5.75. The summed E-state index contributed by atoms with van der Waals surface area (Å²) in [5.74, 6) is 1.45. The maximum Gasteiger partial charge on any atom is 0.258 e. The highest BCUT2D eigenvalue weighted by atomic mass is 79.9. The number of para-hydroxylation sites is 1. The van der Waals surface area contributed by atoms with Gasteiger partial charge in [0.25, 0.3) is 5.91 Å². The summed E-state index contributed by atoms with van der Waals surface area (Å²) in [6.45, 7) is 2.35. The number of hydrogen-bond donors (Lipinski definition) is 1. The van der Waals surface area contributed by atoms with Crippen LogP contribution in [0, 0.1) is 5.92 Å². The highest BCUT2D eigenvalue weighted by Gasteiger charge is 2.34. The monoisotopic (exact) mass is 339 g/mol. The Kier molecular flexibility index (Phi) is 5.46. The van der Waals surface area contributed by atoms with Crippen molar-refractivity contribution in [2.75, 3.05) is 11.9 Å². The molecule has 1 N–H and O–H groups in total. The molecule has 1 aromatic carbocycles. The second-order valence-corrected chi connectivity index (χ2v) is 6.31. The van der Waals surface area contributed by atoms with Crippen LogP contribution < -0.4 is 10.1 Å². The number of carbonyl (C=O) groups is 1. The molecule has 0 saturated heterocycles. The molecule has 4 heteroatoms. The van der Waals surface area contributed by atoms with Gasteiger partial charge in [-0.2, -0.15) is 0 Å². The Labute approximate surface area is 129 Å². The average molecular weight is 340 g/mol. The molecule has 0 unspecified atom stereocenters. The van der Waals surface area contributed by atoms with E-state index in [0.717, 1.165) is 29.8 Å². The largest absolute Gasteiger partial charge is 0.484 e. The number of rotatable bonds is 5. The lowest BCUT2D eigenvalue weighted by atomic mass is 9.78. The molecular formula is C16H22BrNO2. The van der Waals surface area contributed by atoms with E-state index in [0.29, 0.717) is 0 Å². The van der Waals surface area contributed by atoms with Gasteiger partial charge in [-0.15, -0.1) is 0 Å². The Morgan fingerprint density at radius 3 is 2.60 bits per heavy atom. The van der Waals surface area contributed by atoms with Crippen LogP contribution in [0.3, 0.4) is 0 Å². The summed E-state index contributed by atoms with van der Waals surface area (Å²) in [6.07, 6.45) is 4.42. The first kappa shape index (κ1) is 15.4. The molecule has 2 rings (SSSR count). The number of amides is 1. The summed E-state index contributed by atoms with van der Waals surface area (Å²) in [4.78, 5) is 12.1. The van der Waals surface area contributed by atoms with Gasteiger partial charge in [-0.3, -0.25) is 4.79 Å². The van der Waals surface area contributed by atoms with E-state index in [1.54, 1.807) is 0 Å². The third-order valence-electron chi connectivity index (χ3n) is 4.00. The second kappa shape index (κ2) is 7.11. The first-order valence-electron chi connectivity index (χ1n) is 7.18. The van der Waals surface area contributed by atoms with Crippen LogP contribution in [0.1, 0.15) is 32.6 Å². The molecule has 1 amide bonds. The number of halogens is 1. The third kappa shape index (κ3) is 4.23. The first-order valence-corrected chi connectivity index (χ1v) is 8.30. The molecule has 0 spiro atoms. The van der Waals surface area contributed by atoms with Crippen LogP contribution in [-0.4, -0.2) is 23.4 Å². The molecule has 0 atom stereocenters. The van der Waals surface area contributed by atoms with Crippen LogP contribution >= 0.6 is 15.9 Å². The van der Waals surface area contributed by atoms with Crippen LogP contribution in [0.15, 0.2) is 30.3 Å². The zero-order valence-electron chi connectivity index (χ0n) is 11.9. The van der Waals surface area contributed by atoms with E-state index in [4.69, 9.17) is 4.74 Å². The standard InChI is InChI=1S/C16H22BrNO2/c1-13-7-9-16(12-17,10-8-13)18-15(19)11-20-14-5-3-2-4-6-14/h2-6,13H,7-12H2,1H3,(H,18,19). The van der Waals surface area contributed by atoms with Crippen LogP contribution in [0.2, 0.25) is 0 Å². The molecule has 1 saturated carbocycles. The van der Waals surface area contributed by atoms with Gasteiger partial charge in [0.05, 0.1) is 0 Å². The van der Waals surface area contributed by atoms with Crippen LogP contribution in [0.25, 0.3) is 0 Å². The Morgan fingerprint density at radius 2 is 2.00 bits per heavy atom. The van der Waals surface area contributed by atoms with Crippen molar-refractivity contribution in [1.82, 2.24) is 5.32 Å². The van der Waals surface area contributed by atoms with Gasteiger partial charge < -0.3 is 10.1 Å². The minimum Gasteiger partial charge on any atom is -0.484 e. The molecule has 0 heterocycles. The van der Waals surface area contributed by atoms with Gasteiger partial charge in [-0.1, -0.05) is 41.1 Å². The molecule has 0 aliphatic heterocycles. The van der Waals surface area contributed by atoms with Crippen molar-refractivity contribution < 1.29 is 9.53 Å². The van der Waals surface area contributed by atoms with E-state index in [2.05, 4.69) is 28.2 Å². The predicted molar refractivity (Wildman–Crippen MR) is 84.2 cm³/mol. The van der Waals surface area contributed by atoms with Crippen molar-refractivity contribution in [2.24, 2.45) is 5.92 Å². The Bertz CT molecular complexity index is 427. The van der Waals surface area contributed by atoms with Crippen molar-refractivity contribution in [2.45, 2.75) is 38.1 Å². The zero-order chi connectivity index (χ0) is 14.4. The lowest BCUT2D eigenvalue weighted by Crippen LogP contribution is -2.53. The van der Waals surface area contributed by atoms with Gasteiger partial charge in [0.15, 0.2) is 6.61 Å². The van der Waals surface area contributed by atoms with Crippen molar-refractivity contribution in [1.29, 1.82) is 0 Å². The fraction of sp³-hybridized carbons (Fsp3) is 0.562. The molecule has 1 aliphatic carbocycles. The molecule has 0 bridgehead atoms. The molecule has 20 heavy (non-hydrogen) atoms. The normalized spacial score (nSPS) is 26.0. The van der Waals surface area contributed by atoms with Crippen molar-refractivity contribution in [3.63, 3.8) is 0 Å². The predicted octanol–water partition coefficient (Wildman–Crippen LogP) is 3.53. The van der Waals surface area contributed by atoms with Gasteiger partial charge in [0.2, 0.25) is 0 Å². The topological polar surface area (TPSA) is 38.3 Å². The first-order chi connectivity index (χ1) is 9.63. The smallest absolute Gasteiger partial charge is 0.258 e. The van der Waals surface area contributed by atoms with Crippen molar-refractivity contribution in [3.8, 4) is 5.75 Å². The number of benzene rings is 1. The lowest BCUT2D eigenvalue weighted by Gasteiger charge is -2.38. The van der Waals surface area contributed by atoms with E-state index >= 15 is 0 Å². The lowest BCUT2D eigenvalue weighted by molar-refractivity contribution is -0.125. The molecule has 0 radical (unpaired) electrons. The molecular weight excluding hydrogens is 318 g/mol. The Hall–Kier alpha value is -1.03. The average Bonchev–Trinajstić information content (AvgIpc) is 2.49. The summed E-state index contributed by atoms with van der Waals surface area (Å²) >= 11 is 3.56. The molecule has 110 valence electrons. The Morgan fingerprint density at radius 1 is 1.35 bits per heavy atom. The number of nitrogens with one attached hydrogen (secondary N) is 1. The minimum absolute atomic E-state index is 0.0390. The summed E-state index contributed by atoms with van der Waals surface area (Å²) in [5.41, 5.74) is -0.0936. The van der Waals surface area contributed by atoms with E-state index in [1.165, 1.54) is 12.8 Å². The maximum atomic E-state index is 12.1. The van der Waals surface area contributed by atoms with Crippen LogP contribution in [0.5, 0.6) is 5.75 Å². The number of carbonyl (C=O) groups excluding carboxylic acids is 1. The summed E-state index contributed by atoms with van der Waals surface area (Å²) in [6, 6.07) is 9.44. The third-order valence-corrected chi connectivity index (χ3v) is 5.08. The van der Waals surface area contributed by atoms with Crippen LogP contribution in [0.4, 0.5) is 0 Å². The van der Waals surface area contributed by atoms with E-state index in [-0.39, 0.29) is 18.1 Å². The Balaban J connectivity index is 1.83. The van der Waals surface area contributed by atoms with Gasteiger partial charge in [0, 0.05) is 10.9 Å². The van der Waals surface area contributed by atoms with Gasteiger partial charge >= 0.3 is 0 Å². The van der Waals surface area contributed by atoms with Crippen molar-refractivity contribution in [3.05, 3.63) is 30.3 Å². The van der Waals surface area contributed by atoms with Crippen LogP contribution in [-0.2, 0) is 4.79 Å². The minimum atomic E-state index is -0.0936. The number of hydrogen-bond acceptors (Lipinski definition) is 2. The highest BCUT2D eigenvalue weighted by Crippen LogP contribution is 2.33. The highest BCUT2D eigenvalue weighted by molar-refractivity contribution is 9.09. The molecule has 0 aromatic heterocycles. The molecule has 1 aliphatic rings. The molecule has 1 aromatic rings. The number of alkyl halides is 1. The van der Waals surface area contributed by atoms with Crippen molar-refractivity contribution >= 4 is 21.8 Å². The fourth-order valence-corrected chi connectivity index (χ4v) is 3.31. The van der Waals surface area contributed by atoms with Gasteiger partial charge in [0.1, 0.15) is 5.75 Å². The quantitative estimate of drug-likeness (QED) is 0.833. The van der Waals surface area contributed by atoms with E-state index < -0.39 is 0 Å². The van der Waals surface area contributed by atoms with E-state index in [1.807, 2.05) is 30.3 Å². The number of ether oxygens (including phenoxy) is 1. The van der Waals surface area contributed by atoms with Gasteiger partial charge in [-0.05, 0) is 43.7 Å². The summed E-state index contributed by atoms with van der Waals surface area (Å²) < 4.78 is 5.49. The zero-order valence-corrected chi connectivity index (χ0v) is 13.5. The maximum absolute atomic E-state index is 12.1. The SMILES string of the molecule is CC1CCC(CBr)(NC(=O)COc2ccccc2)CC1. The summed E-state index contributed by atoms with van der Waals surface area (Å²) in [5, 5.41) is 3.97. The van der Waals surface area contributed by atoms with Gasteiger partial charge in [-0.25, -0.2) is 0 Å². The molecule has 3 nitrogen and oxygen atoms in total. The summed E-state index contributed by atoms with van der Waals surface area (Å²) in [7, 11) is 0.